The molecule has 0 atom stereocenters. The van der Waals surface area contributed by atoms with E-state index in [1.807, 2.05) is 0 Å². The summed E-state index contributed by atoms with van der Waals surface area (Å²) in [5, 5.41) is 5.79. The van der Waals surface area contributed by atoms with Crippen LogP contribution in [0, 0.1) is 6.92 Å². The average Bonchev–Trinajstić information content (AvgIpc) is 3.27. The van der Waals surface area contributed by atoms with E-state index in [9.17, 15) is 0 Å². The number of unbranched alkanes of at least 4 members (excludes halogenated alkanes) is 2. The minimum Gasteiger partial charge on any atom is -0.0654 e. The predicted molar refractivity (Wildman–Crippen MR) is 276 cm³/mol. The van der Waals surface area contributed by atoms with Gasteiger partial charge in [-0.25, -0.2) is 0 Å². The second-order valence-electron chi connectivity index (χ2n) is 17.4. The van der Waals surface area contributed by atoms with Crippen molar-refractivity contribution in [2.75, 3.05) is 0 Å². The first-order chi connectivity index (χ1) is 29.8. The Morgan fingerprint density at radius 3 is 0.852 bits per heavy atom. The van der Waals surface area contributed by atoms with Gasteiger partial charge in [0.15, 0.2) is 0 Å². The van der Waals surface area contributed by atoms with Crippen molar-refractivity contribution >= 4 is 21.5 Å². The zero-order valence-electron chi connectivity index (χ0n) is 40.8. The van der Waals surface area contributed by atoms with E-state index in [-0.39, 0.29) is 0 Å². The third kappa shape index (κ3) is 17.6. The summed E-state index contributed by atoms with van der Waals surface area (Å²) >= 11 is 0. The molecule has 6 aromatic carbocycles. The number of hydrogen-bond acceptors (Lipinski definition) is 0. The topological polar surface area (TPSA) is 0 Å². The van der Waals surface area contributed by atoms with Gasteiger partial charge >= 0.3 is 0 Å². The van der Waals surface area contributed by atoms with Crippen molar-refractivity contribution in [1.82, 2.24) is 0 Å². The Hall–Kier alpha value is -4.16. The highest BCUT2D eigenvalue weighted by atomic mass is 14.1. The third-order valence-electron chi connectivity index (χ3n) is 11.7. The van der Waals surface area contributed by atoms with Crippen molar-refractivity contribution in [2.24, 2.45) is 0 Å². The maximum Gasteiger partial charge on any atom is -0.0149 e. The van der Waals surface area contributed by atoms with Crippen molar-refractivity contribution < 1.29 is 0 Å². The van der Waals surface area contributed by atoms with Gasteiger partial charge < -0.3 is 0 Å². The molecule has 0 unspecified atom stereocenters. The molecular formula is C61H86. The van der Waals surface area contributed by atoms with E-state index in [2.05, 4.69) is 178 Å². The van der Waals surface area contributed by atoms with Crippen LogP contribution in [-0.4, -0.2) is 0 Å². The van der Waals surface area contributed by atoms with Gasteiger partial charge in [-0.1, -0.05) is 228 Å². The summed E-state index contributed by atoms with van der Waals surface area (Å²) in [7, 11) is 0. The van der Waals surface area contributed by atoms with E-state index in [0.717, 1.165) is 6.42 Å². The van der Waals surface area contributed by atoms with Crippen LogP contribution in [0.5, 0.6) is 0 Å². The molecule has 0 bridgehead atoms. The van der Waals surface area contributed by atoms with Crippen LogP contribution in [-0.2, 0) is 57.8 Å². The largest absolute Gasteiger partial charge is 0.0654 e. The van der Waals surface area contributed by atoms with E-state index in [4.69, 9.17) is 0 Å². The molecule has 0 N–H and O–H groups in total. The first-order valence-electron chi connectivity index (χ1n) is 25.0. The fourth-order valence-electron chi connectivity index (χ4n) is 8.76. The van der Waals surface area contributed by atoms with Gasteiger partial charge in [-0.05, 0) is 149 Å². The summed E-state index contributed by atoms with van der Waals surface area (Å²) in [5.41, 5.74) is 15.0. The minimum absolute atomic E-state index is 1.12. The van der Waals surface area contributed by atoms with Crippen LogP contribution in [0.25, 0.3) is 21.5 Å². The molecule has 0 spiro atoms. The Labute approximate surface area is 376 Å². The molecule has 0 radical (unpaired) electrons. The molecule has 0 aliphatic carbocycles. The lowest BCUT2D eigenvalue weighted by molar-refractivity contribution is 0.776. The highest BCUT2D eigenvalue weighted by Crippen LogP contribution is 2.26. The van der Waals surface area contributed by atoms with E-state index < -0.39 is 0 Å². The summed E-state index contributed by atoms with van der Waals surface area (Å²) in [4.78, 5) is 0. The fraction of sp³-hybridized carbons (Fsp3) is 0.475. The Kier molecular flexibility index (Phi) is 25.2. The highest BCUT2D eigenvalue weighted by molar-refractivity contribution is 5.89. The Bertz CT molecular complexity index is 2000. The molecule has 0 amide bonds. The summed E-state index contributed by atoms with van der Waals surface area (Å²) in [5.74, 6) is 0. The van der Waals surface area contributed by atoms with Gasteiger partial charge in [-0.15, -0.1) is 0 Å². The zero-order chi connectivity index (χ0) is 44.2. The van der Waals surface area contributed by atoms with Crippen LogP contribution in [0.2, 0.25) is 0 Å². The molecule has 6 aromatic rings. The first kappa shape index (κ1) is 51.2. The molecule has 0 heterocycles. The number of rotatable bonds is 19. The molecular weight excluding hydrogens is 733 g/mol. The van der Waals surface area contributed by atoms with Crippen molar-refractivity contribution in [3.63, 3.8) is 0 Å². The Morgan fingerprint density at radius 2 is 0.557 bits per heavy atom. The molecule has 6 rings (SSSR count). The van der Waals surface area contributed by atoms with Crippen molar-refractivity contribution in [2.45, 2.75) is 191 Å². The lowest BCUT2D eigenvalue weighted by Gasteiger charge is -2.10. The summed E-state index contributed by atoms with van der Waals surface area (Å²) in [6, 6.07) is 41.1. The molecule has 0 fully saturated rings. The van der Waals surface area contributed by atoms with E-state index in [1.165, 1.54) is 176 Å². The molecule has 0 aliphatic heterocycles. The normalized spacial score (nSPS) is 10.7. The van der Waals surface area contributed by atoms with Crippen LogP contribution < -0.4 is 0 Å². The second-order valence-corrected chi connectivity index (χ2v) is 17.4. The Balaban J connectivity index is 0.000000218. The molecule has 0 heteroatoms. The van der Waals surface area contributed by atoms with E-state index in [0.29, 0.717) is 0 Å². The smallest absolute Gasteiger partial charge is 0.0149 e. The SMILES string of the molecule is CCCCc1cc(CCC)cc(CCCC)c1.CCCc1cc(C)cc(CCC)c1.CCCc1ccc(CC)c2ccccc12.CCCc1ccc(CCC)c2ccccc12. The minimum atomic E-state index is 1.12. The first-order valence-corrected chi connectivity index (χ1v) is 25.0. The predicted octanol–water partition coefficient (Wildman–Crippen LogP) is 18.3. The van der Waals surface area contributed by atoms with Crippen molar-refractivity contribution in [3.8, 4) is 0 Å². The third-order valence-corrected chi connectivity index (χ3v) is 11.7. The molecule has 330 valence electrons. The van der Waals surface area contributed by atoms with E-state index >= 15 is 0 Å². The standard InChI is InChI=1S/C17H28.C16H20.C15H18.C13H20/c1-4-7-10-16-12-15(9-6-3)13-17(14-16)11-8-5-2;1-3-7-13-11-12-14(8-4-2)16-10-6-5-9-15(13)16;1-3-7-13-11-10-12(4-2)14-8-5-6-9-15(13)14;1-4-6-12-8-11(3)9-13(10-12)7-5-2/h12-14H,4-11H2,1-3H3;5-6,9-12H,3-4,7-8H2,1-2H3;5-6,8-11H,3-4,7H2,1-2H3;8-10H,4-7H2,1-3H3. The summed E-state index contributed by atoms with van der Waals surface area (Å²) in [6.45, 7) is 22.4. The molecule has 0 saturated carbocycles. The quantitative estimate of drug-likeness (QED) is 0.0764. The molecule has 0 aromatic heterocycles. The van der Waals surface area contributed by atoms with E-state index in [1.54, 1.807) is 16.7 Å². The van der Waals surface area contributed by atoms with Gasteiger partial charge in [0.25, 0.3) is 0 Å². The molecule has 61 heavy (non-hydrogen) atoms. The fourth-order valence-corrected chi connectivity index (χ4v) is 8.76. The monoisotopic (exact) mass is 819 g/mol. The van der Waals surface area contributed by atoms with Crippen LogP contribution in [0.3, 0.4) is 0 Å². The number of hydrogen-bond donors (Lipinski definition) is 0. The van der Waals surface area contributed by atoms with Crippen LogP contribution in [0.15, 0.2) is 109 Å². The molecule has 0 aliphatic rings. The maximum absolute atomic E-state index is 2.44. The van der Waals surface area contributed by atoms with Gasteiger partial charge in [0.2, 0.25) is 0 Å². The highest BCUT2D eigenvalue weighted by Gasteiger charge is 2.06. The summed E-state index contributed by atoms with van der Waals surface area (Å²) < 4.78 is 0. The van der Waals surface area contributed by atoms with Gasteiger partial charge in [0.1, 0.15) is 0 Å². The van der Waals surface area contributed by atoms with Gasteiger partial charge in [0, 0.05) is 0 Å². The lowest BCUT2D eigenvalue weighted by Crippen LogP contribution is -1.94. The zero-order valence-corrected chi connectivity index (χ0v) is 40.8. The van der Waals surface area contributed by atoms with Gasteiger partial charge in [-0.3, -0.25) is 0 Å². The van der Waals surface area contributed by atoms with Gasteiger partial charge in [-0.2, -0.15) is 0 Å². The Morgan fingerprint density at radius 1 is 0.279 bits per heavy atom. The van der Waals surface area contributed by atoms with Crippen LogP contribution >= 0.6 is 0 Å². The maximum atomic E-state index is 2.44. The van der Waals surface area contributed by atoms with Crippen molar-refractivity contribution in [3.05, 3.63) is 165 Å². The number of fused-ring (bicyclic) bond motifs is 2. The lowest BCUT2D eigenvalue weighted by atomic mass is 9.95. The van der Waals surface area contributed by atoms with Crippen LogP contribution in [0.4, 0.5) is 0 Å². The second kappa shape index (κ2) is 30.0. The molecule has 0 nitrogen and oxygen atoms in total. The molecule has 0 saturated heterocycles. The van der Waals surface area contributed by atoms with Crippen LogP contribution in [0.1, 0.15) is 182 Å². The number of benzene rings is 6. The number of aryl methyl sites for hydroxylation is 10. The summed E-state index contributed by atoms with van der Waals surface area (Å²) in [6.07, 6.45) is 23.5. The van der Waals surface area contributed by atoms with Gasteiger partial charge in [0.05, 0.1) is 0 Å². The van der Waals surface area contributed by atoms with Crippen molar-refractivity contribution in [1.29, 1.82) is 0 Å². The average molecular weight is 819 g/mol.